The fourth-order valence-corrected chi connectivity index (χ4v) is 8.74. The van der Waals surface area contributed by atoms with Crippen LogP contribution in [0.15, 0.2) is 0 Å². The second kappa shape index (κ2) is 13.5. The average Bonchev–Trinajstić information content (AvgIpc) is 2.87. The van der Waals surface area contributed by atoms with Crippen molar-refractivity contribution in [2.75, 3.05) is 0 Å². The molecule has 4 saturated carbocycles. The van der Waals surface area contributed by atoms with Crippen LogP contribution in [-0.4, -0.2) is 5.78 Å². The molecule has 0 aliphatic heterocycles. The van der Waals surface area contributed by atoms with Crippen LogP contribution in [0.25, 0.3) is 0 Å². The molecule has 0 aromatic carbocycles. The van der Waals surface area contributed by atoms with Gasteiger partial charge in [0.15, 0.2) is 0 Å². The number of ketones is 1. The first kappa shape index (κ1) is 24.8. The van der Waals surface area contributed by atoms with E-state index in [9.17, 15) is 4.79 Å². The van der Waals surface area contributed by atoms with Gasteiger partial charge in [-0.3, -0.25) is 4.79 Å². The summed E-state index contributed by atoms with van der Waals surface area (Å²) in [6.07, 6.45) is 33.4. The zero-order valence-electron chi connectivity index (χ0n) is 21.3. The van der Waals surface area contributed by atoms with Crippen LogP contribution in [0.4, 0.5) is 0 Å². The minimum Gasteiger partial charge on any atom is -0.300 e. The van der Waals surface area contributed by atoms with Crippen LogP contribution in [0, 0.1) is 35.5 Å². The highest BCUT2D eigenvalue weighted by Gasteiger charge is 2.33. The van der Waals surface area contributed by atoms with Crippen molar-refractivity contribution in [3.05, 3.63) is 0 Å². The second-order valence-corrected chi connectivity index (χ2v) is 12.5. The summed E-state index contributed by atoms with van der Waals surface area (Å²) in [6.45, 7) is 0. The Labute approximate surface area is 200 Å². The highest BCUT2D eigenvalue weighted by molar-refractivity contribution is 5.78. The number of rotatable bonds is 10. The lowest BCUT2D eigenvalue weighted by Gasteiger charge is -2.38. The molecule has 0 N–H and O–H groups in total. The molecule has 4 aliphatic rings. The molecule has 4 fully saturated rings. The summed E-state index contributed by atoms with van der Waals surface area (Å²) >= 11 is 0. The van der Waals surface area contributed by atoms with Crippen LogP contribution >= 0.6 is 0 Å². The molecule has 0 amide bonds. The Hall–Kier alpha value is -0.330. The summed E-state index contributed by atoms with van der Waals surface area (Å²) in [7, 11) is 0. The fraction of sp³-hybridized carbons (Fsp3) is 0.968. The normalized spacial score (nSPS) is 25.6. The van der Waals surface area contributed by atoms with Crippen molar-refractivity contribution >= 4 is 5.78 Å². The molecule has 0 saturated heterocycles. The first-order valence-corrected chi connectivity index (χ1v) is 15.3. The molecule has 0 bridgehead atoms. The molecule has 0 heterocycles. The maximum atomic E-state index is 13.2. The van der Waals surface area contributed by atoms with E-state index >= 15 is 0 Å². The van der Waals surface area contributed by atoms with Crippen molar-refractivity contribution in [2.45, 2.75) is 154 Å². The third-order valence-corrected chi connectivity index (χ3v) is 10.5. The number of carbonyl (C=O) groups excluding carboxylic acids is 1. The van der Waals surface area contributed by atoms with E-state index in [0.29, 0.717) is 5.78 Å². The van der Waals surface area contributed by atoms with E-state index in [0.717, 1.165) is 48.3 Å². The molecule has 0 atom stereocenters. The summed E-state index contributed by atoms with van der Waals surface area (Å²) in [4.78, 5) is 13.2. The number of Topliss-reactive ketones (excluding diaryl/α,β-unsaturated/α-hetero) is 1. The molecule has 4 aliphatic carbocycles. The largest absolute Gasteiger partial charge is 0.300 e. The van der Waals surface area contributed by atoms with Gasteiger partial charge < -0.3 is 0 Å². The summed E-state index contributed by atoms with van der Waals surface area (Å²) in [6, 6.07) is 0. The highest BCUT2D eigenvalue weighted by atomic mass is 16.1. The Morgan fingerprint density at radius 1 is 0.438 bits per heavy atom. The molecule has 32 heavy (non-hydrogen) atoms. The predicted octanol–water partition coefficient (Wildman–Crippen LogP) is 9.67. The molecule has 4 rings (SSSR count). The molecular formula is C31H54O. The smallest absolute Gasteiger partial charge is 0.132 e. The maximum Gasteiger partial charge on any atom is 0.132 e. The molecule has 1 nitrogen and oxygen atoms in total. The van der Waals surface area contributed by atoms with Gasteiger partial charge in [-0.25, -0.2) is 0 Å². The van der Waals surface area contributed by atoms with Crippen LogP contribution in [0.5, 0.6) is 0 Å². The quantitative estimate of drug-likeness (QED) is 0.329. The Morgan fingerprint density at radius 3 is 0.938 bits per heavy atom. The van der Waals surface area contributed by atoms with Crippen LogP contribution in [0.1, 0.15) is 154 Å². The van der Waals surface area contributed by atoms with Crippen LogP contribution in [0.3, 0.4) is 0 Å². The van der Waals surface area contributed by atoms with E-state index in [1.165, 1.54) is 141 Å². The number of carbonyl (C=O) groups is 1. The van der Waals surface area contributed by atoms with Gasteiger partial charge in [-0.1, -0.05) is 128 Å². The van der Waals surface area contributed by atoms with Gasteiger partial charge in [0.25, 0.3) is 0 Å². The minimum absolute atomic E-state index is 0.623. The van der Waals surface area contributed by atoms with Crippen molar-refractivity contribution in [1.29, 1.82) is 0 Å². The Kier molecular flexibility index (Phi) is 10.5. The second-order valence-electron chi connectivity index (χ2n) is 12.5. The molecule has 184 valence electrons. The summed E-state index contributed by atoms with van der Waals surface area (Å²) in [5.41, 5.74) is 0. The Balaban J connectivity index is 1.29. The molecule has 0 unspecified atom stereocenters. The monoisotopic (exact) mass is 442 g/mol. The third-order valence-electron chi connectivity index (χ3n) is 10.5. The number of hydrogen-bond acceptors (Lipinski definition) is 1. The maximum absolute atomic E-state index is 13.2. The van der Waals surface area contributed by atoms with Crippen molar-refractivity contribution < 1.29 is 4.79 Å². The summed E-state index contributed by atoms with van der Waals surface area (Å²) in [5.74, 6) is 6.12. The van der Waals surface area contributed by atoms with Crippen molar-refractivity contribution in [3.8, 4) is 0 Å². The lowest BCUT2D eigenvalue weighted by Crippen LogP contribution is -2.29. The van der Waals surface area contributed by atoms with Gasteiger partial charge >= 0.3 is 0 Å². The summed E-state index contributed by atoms with van der Waals surface area (Å²) in [5, 5.41) is 0. The number of hydrogen-bond donors (Lipinski definition) is 0. The zero-order chi connectivity index (χ0) is 22.0. The predicted molar refractivity (Wildman–Crippen MR) is 137 cm³/mol. The van der Waals surface area contributed by atoms with Crippen molar-refractivity contribution in [2.24, 2.45) is 35.5 Å². The van der Waals surface area contributed by atoms with Gasteiger partial charge in [-0.15, -0.1) is 0 Å². The molecular weight excluding hydrogens is 388 g/mol. The fourth-order valence-electron chi connectivity index (χ4n) is 8.74. The van der Waals surface area contributed by atoms with E-state index in [4.69, 9.17) is 0 Å². The van der Waals surface area contributed by atoms with E-state index < -0.39 is 0 Å². The highest BCUT2D eigenvalue weighted by Crippen LogP contribution is 2.44. The van der Waals surface area contributed by atoms with E-state index in [1.807, 2.05) is 0 Å². The SMILES string of the molecule is O=C(CCC(C1CCCCC1)C1CCCCC1)CCC(C1CCCCC1)C1CCCCC1. The summed E-state index contributed by atoms with van der Waals surface area (Å²) < 4.78 is 0. The Bertz CT molecular complexity index is 433. The van der Waals surface area contributed by atoms with Gasteiger partial charge in [-0.2, -0.15) is 0 Å². The third kappa shape index (κ3) is 7.33. The van der Waals surface area contributed by atoms with Gasteiger partial charge in [0, 0.05) is 12.8 Å². The van der Waals surface area contributed by atoms with Crippen LogP contribution in [0.2, 0.25) is 0 Å². The van der Waals surface area contributed by atoms with E-state index in [1.54, 1.807) is 0 Å². The first-order valence-electron chi connectivity index (χ1n) is 15.3. The first-order chi connectivity index (χ1) is 15.8. The standard InChI is InChI=1S/C31H54O/c32-29(21-23-30(25-13-5-1-6-14-25)26-15-7-2-8-16-26)22-24-31(27-17-9-3-10-18-27)28-19-11-4-12-20-28/h25-28,30-31H,1-24H2. The molecule has 0 aromatic rings. The van der Waals surface area contributed by atoms with E-state index in [2.05, 4.69) is 0 Å². The van der Waals surface area contributed by atoms with Gasteiger partial charge in [0.1, 0.15) is 5.78 Å². The van der Waals surface area contributed by atoms with Crippen LogP contribution in [-0.2, 0) is 4.79 Å². The molecule has 0 radical (unpaired) electrons. The van der Waals surface area contributed by atoms with Crippen molar-refractivity contribution in [3.63, 3.8) is 0 Å². The van der Waals surface area contributed by atoms with Gasteiger partial charge in [-0.05, 0) is 48.3 Å². The average molecular weight is 443 g/mol. The lowest BCUT2D eigenvalue weighted by molar-refractivity contribution is -0.120. The lowest BCUT2D eigenvalue weighted by atomic mass is 9.67. The van der Waals surface area contributed by atoms with Gasteiger partial charge in [0.2, 0.25) is 0 Å². The van der Waals surface area contributed by atoms with Crippen molar-refractivity contribution in [1.82, 2.24) is 0 Å². The molecule has 0 spiro atoms. The Morgan fingerprint density at radius 2 is 0.688 bits per heavy atom. The molecule has 0 aromatic heterocycles. The van der Waals surface area contributed by atoms with Crippen LogP contribution < -0.4 is 0 Å². The zero-order valence-corrected chi connectivity index (χ0v) is 21.3. The topological polar surface area (TPSA) is 17.1 Å². The van der Waals surface area contributed by atoms with Gasteiger partial charge in [0.05, 0.1) is 0 Å². The molecule has 1 heteroatoms. The van der Waals surface area contributed by atoms with E-state index in [-0.39, 0.29) is 0 Å². The minimum atomic E-state index is 0.623.